The van der Waals surface area contributed by atoms with Crippen molar-refractivity contribution in [3.05, 3.63) is 113 Å². The number of hydrogen-bond acceptors (Lipinski definition) is 25. The molecule has 4 aliphatic heterocycles. The van der Waals surface area contributed by atoms with E-state index in [2.05, 4.69) is 0 Å². The molecule has 15 N–H and O–H groups in total. The number of ether oxygens (including phenoxy) is 10. The van der Waals surface area contributed by atoms with Gasteiger partial charge in [-0.1, -0.05) is 12.1 Å². The number of carbonyl (C=O) groups excluding carboxylic acids is 2. The number of esters is 2. The highest BCUT2D eigenvalue weighted by Crippen LogP contribution is 2.47. The summed E-state index contributed by atoms with van der Waals surface area (Å²) < 4.78 is 56.5. The standard InChI is InChI=1S/C52H56O26/c1-69-33-15-23(3-11-29(33)57)5-13-39(60)70-20-36-41(62)44(65)47(68)51(76-36)78-49-45(66)42(63)37(21-71-38(59)12-4-22-2-10-28(56)30(58)14-22)77-52(49)74-34-18-27-31(72-48(34)24-6-8-25(54)9-7-24)16-26(55)17-32(27)73-50-46(67)43(64)40(61)35(19-53)75-50/h2-18,35-37,40-58,61-68H,19-21H2,1H3/p+1. The first kappa shape index (κ1) is 56.9. The Hall–Kier alpha value is -7.28. The number of rotatable bonds is 17. The SMILES string of the molecule is COc1cc(C=CC(=O)OCC2OC(OC3C(OC4=Cc5c(OC6OC(CO)C(O)C(O)C6O)cc(O)cc5[OH+]C4c4ccc(O)cc4)OC(COC(=O)C=Cc4ccc(O)c(O)c4)C(O)C3O)C(O)C(O)C2O)ccc1O. The summed E-state index contributed by atoms with van der Waals surface area (Å²) >= 11 is 0. The minimum Gasteiger partial charge on any atom is -0.571 e. The molecular formula is C52H57O26+. The maximum absolute atomic E-state index is 13.0. The van der Waals surface area contributed by atoms with Crippen LogP contribution in [0.15, 0.2) is 90.7 Å². The molecule has 3 fully saturated rings. The van der Waals surface area contributed by atoms with E-state index in [0.717, 1.165) is 24.3 Å². The molecule has 4 heterocycles. The zero-order valence-corrected chi connectivity index (χ0v) is 40.9. The van der Waals surface area contributed by atoms with E-state index in [4.69, 9.17) is 47.4 Å². The maximum Gasteiger partial charge on any atom is 0.330 e. The van der Waals surface area contributed by atoms with Gasteiger partial charge in [0, 0.05) is 24.3 Å². The number of aliphatic hydroxyl groups excluding tert-OH is 9. The number of phenols is 5. The lowest BCUT2D eigenvalue weighted by Gasteiger charge is -2.46. The van der Waals surface area contributed by atoms with E-state index in [0.29, 0.717) is 11.1 Å². The summed E-state index contributed by atoms with van der Waals surface area (Å²) in [6.45, 7) is -2.33. The van der Waals surface area contributed by atoms with Crippen LogP contribution in [0.2, 0.25) is 0 Å². The molecule has 4 aliphatic rings. The van der Waals surface area contributed by atoms with Crippen molar-refractivity contribution in [3.63, 3.8) is 0 Å². The lowest BCUT2D eigenvalue weighted by Crippen LogP contribution is -2.64. The number of phenolic OH excluding ortho intramolecular Hbond substituents is 5. The van der Waals surface area contributed by atoms with Gasteiger partial charge >= 0.3 is 11.9 Å². The van der Waals surface area contributed by atoms with Gasteiger partial charge in [0.2, 0.25) is 12.6 Å². The van der Waals surface area contributed by atoms with E-state index in [1.165, 1.54) is 86.0 Å². The molecule has 3 saturated heterocycles. The number of carbonyl (C=O) groups is 2. The summed E-state index contributed by atoms with van der Waals surface area (Å²) in [4.78, 5) is 25.8. The quantitative estimate of drug-likeness (QED) is 0.0258. The van der Waals surface area contributed by atoms with Gasteiger partial charge in [0.25, 0.3) is 11.9 Å². The zero-order valence-electron chi connectivity index (χ0n) is 40.9. The minimum absolute atomic E-state index is 0.000959. The van der Waals surface area contributed by atoms with Gasteiger partial charge in [-0.05, 0) is 71.8 Å². The van der Waals surface area contributed by atoms with Crippen molar-refractivity contribution in [2.24, 2.45) is 0 Å². The van der Waals surface area contributed by atoms with Gasteiger partial charge in [0.05, 0.1) is 25.3 Å². The first-order valence-corrected chi connectivity index (χ1v) is 23.9. The van der Waals surface area contributed by atoms with Gasteiger partial charge in [-0.15, -0.1) is 0 Å². The average molecular weight is 1100 g/mol. The van der Waals surface area contributed by atoms with E-state index in [9.17, 15) is 81.1 Å². The van der Waals surface area contributed by atoms with Crippen LogP contribution < -0.4 is 9.47 Å². The largest absolute Gasteiger partial charge is 0.571 e. The molecule has 8 rings (SSSR count). The van der Waals surface area contributed by atoms with Crippen LogP contribution in [0.5, 0.6) is 46.0 Å². The molecule has 26 heteroatoms. The summed E-state index contributed by atoms with van der Waals surface area (Å²) in [5, 5.41) is 149. The summed E-state index contributed by atoms with van der Waals surface area (Å²) in [6, 6.07) is 15.8. The van der Waals surface area contributed by atoms with Crippen LogP contribution >= 0.6 is 0 Å². The number of aromatic hydroxyl groups is 6. The summed E-state index contributed by atoms with van der Waals surface area (Å²) in [5.74, 6) is -3.92. The monoisotopic (exact) mass is 1100 g/mol. The van der Waals surface area contributed by atoms with Crippen molar-refractivity contribution in [2.75, 3.05) is 26.9 Å². The molecule has 420 valence electrons. The second-order valence-electron chi connectivity index (χ2n) is 18.2. The van der Waals surface area contributed by atoms with Crippen molar-refractivity contribution < 1.29 is 128 Å². The van der Waals surface area contributed by atoms with E-state index in [1.807, 2.05) is 0 Å². The Labute approximate surface area is 441 Å². The Balaban J connectivity index is 1.10. The normalized spacial score (nSPS) is 30.9. The van der Waals surface area contributed by atoms with Gasteiger partial charge in [-0.3, -0.25) is 0 Å². The molecule has 16 unspecified atom stereocenters. The van der Waals surface area contributed by atoms with E-state index in [1.54, 1.807) is 0 Å². The highest BCUT2D eigenvalue weighted by atomic mass is 16.8. The Morgan fingerprint density at radius 3 is 1.74 bits per heavy atom. The third kappa shape index (κ3) is 12.8. The first-order valence-electron chi connectivity index (χ1n) is 23.9. The van der Waals surface area contributed by atoms with Crippen LogP contribution in [-0.2, 0) is 42.7 Å². The van der Waals surface area contributed by atoms with Gasteiger partial charge < -0.3 is 119 Å². The molecule has 0 spiro atoms. The van der Waals surface area contributed by atoms with Crippen molar-refractivity contribution in [3.8, 4) is 46.0 Å². The molecular weight excluding hydrogens is 1040 g/mol. The third-order valence-corrected chi connectivity index (χ3v) is 12.9. The molecule has 4 aromatic carbocycles. The van der Waals surface area contributed by atoms with Crippen LogP contribution in [0.4, 0.5) is 0 Å². The van der Waals surface area contributed by atoms with Gasteiger partial charge in [-0.25, -0.2) is 9.59 Å². The lowest BCUT2D eigenvalue weighted by atomic mass is 9.97. The smallest absolute Gasteiger partial charge is 0.330 e. The van der Waals surface area contributed by atoms with Crippen molar-refractivity contribution >= 4 is 30.2 Å². The number of aliphatic hydroxyl groups is 10. The predicted octanol–water partition coefficient (Wildman–Crippen LogP) is -1.09. The van der Waals surface area contributed by atoms with E-state index < -0.39 is 147 Å². The van der Waals surface area contributed by atoms with Crippen molar-refractivity contribution in [1.29, 1.82) is 0 Å². The van der Waals surface area contributed by atoms with Crippen LogP contribution in [0.25, 0.3) is 18.2 Å². The average Bonchev–Trinajstić information content (AvgIpc) is 3.51. The number of fused-ring (bicyclic) bond motifs is 1. The second kappa shape index (κ2) is 24.6. The summed E-state index contributed by atoms with van der Waals surface area (Å²) in [7, 11) is 1.33. The van der Waals surface area contributed by atoms with Gasteiger partial charge in [-0.2, -0.15) is 0 Å². The molecule has 16 atom stereocenters. The number of hydrogen-bond donors (Lipinski definition) is 14. The Kier molecular flexibility index (Phi) is 17.9. The van der Waals surface area contributed by atoms with Gasteiger partial charge in [0.1, 0.15) is 103 Å². The molecule has 78 heavy (non-hydrogen) atoms. The fourth-order valence-corrected chi connectivity index (χ4v) is 8.59. The molecule has 0 bridgehead atoms. The number of benzene rings is 4. The highest BCUT2D eigenvalue weighted by molar-refractivity contribution is 5.87. The highest BCUT2D eigenvalue weighted by Gasteiger charge is 2.53. The molecule has 4 aromatic rings. The Morgan fingerprint density at radius 2 is 1.13 bits per heavy atom. The van der Waals surface area contributed by atoms with Crippen LogP contribution in [-0.4, -0.2) is 207 Å². The molecule has 0 radical (unpaired) electrons. The lowest BCUT2D eigenvalue weighted by molar-refractivity contribution is -0.364. The van der Waals surface area contributed by atoms with Crippen molar-refractivity contribution in [2.45, 2.75) is 98.2 Å². The Morgan fingerprint density at radius 1 is 0.564 bits per heavy atom. The van der Waals surface area contributed by atoms with Crippen molar-refractivity contribution in [1.82, 2.24) is 0 Å². The molecule has 0 aliphatic carbocycles. The fraction of sp³-hybridized carbons (Fsp3) is 0.385. The van der Waals surface area contributed by atoms with E-state index >= 15 is 0 Å². The zero-order chi connectivity index (χ0) is 56.1. The molecule has 0 amide bonds. The third-order valence-electron chi connectivity index (χ3n) is 12.9. The van der Waals surface area contributed by atoms with E-state index in [-0.39, 0.29) is 45.6 Å². The predicted molar refractivity (Wildman–Crippen MR) is 261 cm³/mol. The molecule has 26 nitrogen and oxygen atoms in total. The first-order chi connectivity index (χ1) is 37.2. The van der Waals surface area contributed by atoms with Crippen LogP contribution in [0.3, 0.4) is 0 Å². The molecule has 0 saturated carbocycles. The fourth-order valence-electron chi connectivity index (χ4n) is 8.59. The number of methoxy groups -OCH3 is 1. The minimum atomic E-state index is -2.12. The second-order valence-corrected chi connectivity index (χ2v) is 18.2. The Bertz CT molecular complexity index is 2840. The van der Waals surface area contributed by atoms with Crippen LogP contribution in [0, 0.1) is 0 Å². The van der Waals surface area contributed by atoms with Gasteiger partial charge in [0.15, 0.2) is 41.2 Å². The topological polar surface area (TPSA) is 413 Å². The maximum atomic E-state index is 13.0. The summed E-state index contributed by atoms with van der Waals surface area (Å²) in [5.41, 5.74) is 1.02. The van der Waals surface area contributed by atoms with Crippen LogP contribution in [0.1, 0.15) is 28.4 Å². The molecule has 0 aromatic heterocycles. The summed E-state index contributed by atoms with van der Waals surface area (Å²) in [6.07, 6.45) is -23.6.